The fraction of sp³-hybridized carbons (Fsp3) is 0. The summed E-state index contributed by atoms with van der Waals surface area (Å²) >= 11 is 0. The highest BCUT2D eigenvalue weighted by atomic mass is 19.1. The van der Waals surface area contributed by atoms with Crippen molar-refractivity contribution in [2.45, 2.75) is 0 Å². The van der Waals surface area contributed by atoms with Crippen molar-refractivity contribution >= 4 is 17.8 Å². The highest BCUT2D eigenvalue weighted by molar-refractivity contribution is 6.06. The Balaban J connectivity index is 2.00. The molecule has 0 aliphatic carbocycles. The first kappa shape index (κ1) is 15.6. The minimum Gasteiger partial charge on any atom is -0.267 e. The monoisotopic (exact) mass is 318 g/mol. The van der Waals surface area contributed by atoms with Gasteiger partial charge in [-0.25, -0.2) is 4.39 Å². The Labute approximate surface area is 139 Å². The topological polar surface area (TPSA) is 32.7 Å². The molecule has 0 aromatic heterocycles. The molecule has 0 unspecified atom stereocenters. The summed E-state index contributed by atoms with van der Waals surface area (Å²) in [7, 11) is 0. The molecule has 3 rings (SSSR count). The molecule has 24 heavy (non-hydrogen) atoms. The number of halogens is 1. The van der Waals surface area contributed by atoms with Gasteiger partial charge in [0.25, 0.3) is 5.91 Å². The van der Waals surface area contributed by atoms with Crippen LogP contribution in [0, 0.1) is 5.82 Å². The van der Waals surface area contributed by atoms with Crippen LogP contribution in [-0.2, 0) is 0 Å². The van der Waals surface area contributed by atoms with E-state index in [4.69, 9.17) is 0 Å². The minimum atomic E-state index is -0.507. The van der Waals surface area contributed by atoms with E-state index in [9.17, 15) is 9.18 Å². The maximum atomic E-state index is 14.2. The lowest BCUT2D eigenvalue weighted by atomic mass is 10.2. The summed E-state index contributed by atoms with van der Waals surface area (Å²) in [6, 6.07) is 24.1. The first-order chi connectivity index (χ1) is 11.8. The second-order valence-corrected chi connectivity index (χ2v) is 5.09. The van der Waals surface area contributed by atoms with Crippen LogP contribution < -0.4 is 5.01 Å². The van der Waals surface area contributed by atoms with Crippen molar-refractivity contribution in [2.75, 3.05) is 5.01 Å². The summed E-state index contributed by atoms with van der Waals surface area (Å²) < 4.78 is 14.2. The van der Waals surface area contributed by atoms with Gasteiger partial charge in [-0.05, 0) is 29.8 Å². The summed E-state index contributed by atoms with van der Waals surface area (Å²) in [6.07, 6.45) is 1.54. The summed E-state index contributed by atoms with van der Waals surface area (Å²) in [5.74, 6) is -0.903. The van der Waals surface area contributed by atoms with Crippen LogP contribution in [0.15, 0.2) is 90.0 Å². The van der Waals surface area contributed by atoms with Gasteiger partial charge in [0.1, 0.15) is 11.5 Å². The minimum absolute atomic E-state index is 0.110. The highest BCUT2D eigenvalue weighted by Gasteiger charge is 2.19. The molecule has 0 fully saturated rings. The van der Waals surface area contributed by atoms with E-state index in [1.165, 1.54) is 18.3 Å². The Kier molecular flexibility index (Phi) is 4.77. The number of hydrazone groups is 1. The predicted octanol–water partition coefficient (Wildman–Crippen LogP) is 4.51. The Morgan fingerprint density at radius 1 is 0.833 bits per heavy atom. The quantitative estimate of drug-likeness (QED) is 0.515. The van der Waals surface area contributed by atoms with E-state index in [-0.39, 0.29) is 5.69 Å². The molecule has 0 saturated heterocycles. The van der Waals surface area contributed by atoms with Gasteiger partial charge in [0.2, 0.25) is 0 Å². The highest BCUT2D eigenvalue weighted by Crippen LogP contribution is 2.21. The second kappa shape index (κ2) is 7.33. The van der Waals surface area contributed by atoms with Crippen LogP contribution in [0.1, 0.15) is 15.9 Å². The van der Waals surface area contributed by atoms with Gasteiger partial charge < -0.3 is 0 Å². The number of benzene rings is 3. The molecule has 0 radical (unpaired) electrons. The van der Waals surface area contributed by atoms with Gasteiger partial charge in [-0.1, -0.05) is 60.7 Å². The van der Waals surface area contributed by atoms with E-state index < -0.39 is 11.7 Å². The molecule has 0 saturated carbocycles. The zero-order chi connectivity index (χ0) is 16.8. The molecule has 0 bridgehead atoms. The maximum Gasteiger partial charge on any atom is 0.278 e. The van der Waals surface area contributed by atoms with E-state index in [2.05, 4.69) is 5.10 Å². The molecule has 0 aliphatic heterocycles. The Morgan fingerprint density at radius 3 is 2.08 bits per heavy atom. The fourth-order valence-electron chi connectivity index (χ4n) is 2.21. The average Bonchev–Trinajstić information content (AvgIpc) is 2.64. The molecule has 0 N–H and O–H groups in total. The molecule has 3 aromatic carbocycles. The SMILES string of the molecule is O=C(c1ccccc1)N(/N=C/c1ccccc1)c1ccccc1F. The van der Waals surface area contributed by atoms with Crippen LogP contribution in [0.4, 0.5) is 10.1 Å². The standard InChI is InChI=1S/C20H15FN2O/c21-18-13-7-8-14-19(18)23(20(24)17-11-5-2-6-12-17)22-15-16-9-3-1-4-10-16/h1-15H/b22-15+. The normalized spacial score (nSPS) is 10.7. The Bertz CT molecular complexity index is 848. The molecular formula is C20H15FN2O. The van der Waals surface area contributed by atoms with Crippen LogP contribution >= 0.6 is 0 Å². The van der Waals surface area contributed by atoms with E-state index in [0.29, 0.717) is 5.56 Å². The van der Waals surface area contributed by atoms with Gasteiger partial charge in [-0.2, -0.15) is 10.1 Å². The van der Waals surface area contributed by atoms with Crippen molar-refractivity contribution in [2.24, 2.45) is 5.10 Å². The van der Waals surface area contributed by atoms with Gasteiger partial charge in [-0.3, -0.25) is 4.79 Å². The van der Waals surface area contributed by atoms with Gasteiger partial charge >= 0.3 is 0 Å². The maximum absolute atomic E-state index is 14.2. The van der Waals surface area contributed by atoms with Crippen molar-refractivity contribution in [1.29, 1.82) is 0 Å². The molecule has 0 spiro atoms. The number of amides is 1. The van der Waals surface area contributed by atoms with Crippen LogP contribution in [-0.4, -0.2) is 12.1 Å². The third-order valence-electron chi connectivity index (χ3n) is 3.42. The molecule has 1 amide bonds. The van der Waals surface area contributed by atoms with Crippen molar-refractivity contribution in [3.8, 4) is 0 Å². The molecule has 4 heteroatoms. The van der Waals surface area contributed by atoms with Crippen LogP contribution in [0.25, 0.3) is 0 Å². The van der Waals surface area contributed by atoms with E-state index in [0.717, 1.165) is 10.6 Å². The molecule has 0 heterocycles. The van der Waals surface area contributed by atoms with Crippen molar-refractivity contribution in [1.82, 2.24) is 0 Å². The summed E-state index contributed by atoms with van der Waals surface area (Å²) in [5.41, 5.74) is 1.36. The van der Waals surface area contributed by atoms with Gasteiger partial charge in [-0.15, -0.1) is 0 Å². The number of hydrogen-bond acceptors (Lipinski definition) is 2. The first-order valence-corrected chi connectivity index (χ1v) is 7.49. The largest absolute Gasteiger partial charge is 0.278 e. The van der Waals surface area contributed by atoms with E-state index in [1.54, 1.807) is 36.4 Å². The lowest BCUT2D eigenvalue weighted by Gasteiger charge is -2.17. The zero-order valence-corrected chi connectivity index (χ0v) is 12.8. The third kappa shape index (κ3) is 3.55. The van der Waals surface area contributed by atoms with Crippen molar-refractivity contribution in [3.63, 3.8) is 0 Å². The molecule has 0 atom stereocenters. The summed E-state index contributed by atoms with van der Waals surface area (Å²) in [4.78, 5) is 12.8. The van der Waals surface area contributed by atoms with Gasteiger partial charge in [0.15, 0.2) is 0 Å². The Morgan fingerprint density at radius 2 is 1.42 bits per heavy atom. The molecule has 3 aromatic rings. The predicted molar refractivity (Wildman–Crippen MR) is 93.7 cm³/mol. The van der Waals surface area contributed by atoms with Gasteiger partial charge in [0.05, 0.1) is 6.21 Å². The van der Waals surface area contributed by atoms with Crippen molar-refractivity contribution in [3.05, 3.63) is 102 Å². The second-order valence-electron chi connectivity index (χ2n) is 5.09. The van der Waals surface area contributed by atoms with Crippen LogP contribution in [0.5, 0.6) is 0 Å². The molecule has 3 nitrogen and oxygen atoms in total. The third-order valence-corrected chi connectivity index (χ3v) is 3.42. The number of carbonyl (C=O) groups is 1. The number of carbonyl (C=O) groups excluding carboxylic acids is 1. The smallest absolute Gasteiger partial charge is 0.267 e. The number of para-hydroxylation sites is 1. The van der Waals surface area contributed by atoms with Crippen LogP contribution in [0.2, 0.25) is 0 Å². The number of nitrogens with zero attached hydrogens (tertiary/aromatic N) is 2. The number of rotatable bonds is 4. The molecular weight excluding hydrogens is 303 g/mol. The molecule has 118 valence electrons. The lowest BCUT2D eigenvalue weighted by Crippen LogP contribution is -2.26. The fourth-order valence-corrected chi connectivity index (χ4v) is 2.21. The Hall–Kier alpha value is -3.27. The molecule has 0 aliphatic rings. The first-order valence-electron chi connectivity index (χ1n) is 7.49. The number of hydrogen-bond donors (Lipinski definition) is 0. The van der Waals surface area contributed by atoms with E-state index in [1.807, 2.05) is 36.4 Å². The van der Waals surface area contributed by atoms with E-state index >= 15 is 0 Å². The van der Waals surface area contributed by atoms with Gasteiger partial charge in [0, 0.05) is 5.56 Å². The lowest BCUT2D eigenvalue weighted by molar-refractivity contribution is 0.0987. The van der Waals surface area contributed by atoms with Crippen LogP contribution in [0.3, 0.4) is 0 Å². The van der Waals surface area contributed by atoms with Crippen molar-refractivity contribution < 1.29 is 9.18 Å². The summed E-state index contributed by atoms with van der Waals surface area (Å²) in [5, 5.41) is 5.30. The average molecular weight is 318 g/mol. The summed E-state index contributed by atoms with van der Waals surface area (Å²) in [6.45, 7) is 0. The zero-order valence-electron chi connectivity index (χ0n) is 12.8. The number of anilines is 1.